The molecular weight excluding hydrogens is 346 g/mol. The topological polar surface area (TPSA) is 89.7 Å². The molecule has 8 nitrogen and oxygen atoms in total. The van der Waals surface area contributed by atoms with E-state index in [4.69, 9.17) is 8.83 Å². The molecule has 4 aromatic rings. The molecular formula is C19H15N5O3. The van der Waals surface area contributed by atoms with Gasteiger partial charge in [0.05, 0.1) is 31.0 Å². The Hall–Kier alpha value is -3.68. The summed E-state index contributed by atoms with van der Waals surface area (Å²) in [5.41, 5.74) is 3.41. The zero-order valence-corrected chi connectivity index (χ0v) is 14.3. The van der Waals surface area contributed by atoms with E-state index < -0.39 is 0 Å². The third-order valence-corrected chi connectivity index (χ3v) is 4.55. The molecule has 1 amide bonds. The summed E-state index contributed by atoms with van der Waals surface area (Å²) in [6.07, 6.45) is 10.4. The molecule has 0 aromatic carbocycles. The van der Waals surface area contributed by atoms with Crippen LogP contribution in [-0.2, 0) is 17.8 Å². The van der Waals surface area contributed by atoms with Gasteiger partial charge in [-0.25, -0.2) is 14.5 Å². The SMILES string of the molecule is O=C(/C=C/c1ccoc1)N1CCc2ncn3nc(-c4ccco4)nc3c2C1. The Morgan fingerprint density at radius 3 is 3.04 bits per heavy atom. The average Bonchev–Trinajstić information content (AvgIpc) is 3.46. The lowest BCUT2D eigenvalue weighted by molar-refractivity contribution is -0.126. The summed E-state index contributed by atoms with van der Waals surface area (Å²) >= 11 is 0. The Balaban J connectivity index is 1.45. The molecule has 27 heavy (non-hydrogen) atoms. The van der Waals surface area contributed by atoms with Gasteiger partial charge in [-0.05, 0) is 24.3 Å². The summed E-state index contributed by atoms with van der Waals surface area (Å²) in [5.74, 6) is 1.03. The standard InChI is InChI=1S/C19H15N5O3/c25-17(4-3-13-6-9-26-11-13)23-7-5-15-14(10-23)19-21-18(16-2-1-8-27-16)22-24(19)12-20-15/h1-4,6,8-9,11-12H,5,7,10H2/b4-3+. The van der Waals surface area contributed by atoms with Crippen LogP contribution < -0.4 is 0 Å². The molecule has 8 heteroatoms. The van der Waals surface area contributed by atoms with Crippen molar-refractivity contribution in [1.82, 2.24) is 24.5 Å². The molecule has 0 aliphatic carbocycles. The highest BCUT2D eigenvalue weighted by Gasteiger charge is 2.24. The van der Waals surface area contributed by atoms with E-state index in [1.54, 1.807) is 58.8 Å². The van der Waals surface area contributed by atoms with Crippen LogP contribution in [0.15, 0.2) is 58.2 Å². The monoisotopic (exact) mass is 361 g/mol. The molecule has 0 bridgehead atoms. The maximum absolute atomic E-state index is 12.6. The lowest BCUT2D eigenvalue weighted by atomic mass is 10.1. The van der Waals surface area contributed by atoms with Gasteiger partial charge >= 0.3 is 0 Å². The van der Waals surface area contributed by atoms with Crippen LogP contribution in [0, 0.1) is 0 Å². The minimum atomic E-state index is -0.0605. The summed E-state index contributed by atoms with van der Waals surface area (Å²) in [7, 11) is 0. The highest BCUT2D eigenvalue weighted by Crippen LogP contribution is 2.24. The third kappa shape index (κ3) is 2.80. The lowest BCUT2D eigenvalue weighted by Gasteiger charge is -2.27. The fraction of sp³-hybridized carbons (Fsp3) is 0.158. The number of aromatic nitrogens is 4. The van der Waals surface area contributed by atoms with E-state index in [0.717, 1.165) is 16.8 Å². The Morgan fingerprint density at radius 2 is 2.22 bits per heavy atom. The fourth-order valence-corrected chi connectivity index (χ4v) is 3.17. The first kappa shape index (κ1) is 15.6. The van der Waals surface area contributed by atoms with Gasteiger partial charge in [0.1, 0.15) is 6.33 Å². The van der Waals surface area contributed by atoms with Gasteiger partial charge in [0, 0.05) is 30.2 Å². The van der Waals surface area contributed by atoms with E-state index in [2.05, 4.69) is 15.1 Å². The van der Waals surface area contributed by atoms with Crippen LogP contribution in [0.5, 0.6) is 0 Å². The number of rotatable bonds is 3. The lowest BCUT2D eigenvalue weighted by Crippen LogP contribution is -2.35. The molecule has 0 unspecified atom stereocenters. The van der Waals surface area contributed by atoms with Crippen molar-refractivity contribution in [3.05, 3.63) is 66.2 Å². The van der Waals surface area contributed by atoms with Crippen molar-refractivity contribution in [1.29, 1.82) is 0 Å². The molecule has 0 atom stereocenters. The van der Waals surface area contributed by atoms with Gasteiger partial charge in [0.25, 0.3) is 0 Å². The largest absolute Gasteiger partial charge is 0.472 e. The van der Waals surface area contributed by atoms with Crippen LogP contribution in [0.1, 0.15) is 16.8 Å². The Bertz CT molecular complexity index is 1130. The van der Waals surface area contributed by atoms with E-state index in [0.29, 0.717) is 36.7 Å². The molecule has 4 aromatic heterocycles. The highest BCUT2D eigenvalue weighted by atomic mass is 16.3. The van der Waals surface area contributed by atoms with E-state index in [-0.39, 0.29) is 5.91 Å². The first-order chi connectivity index (χ1) is 13.3. The van der Waals surface area contributed by atoms with Gasteiger partial charge in [-0.15, -0.1) is 5.10 Å². The van der Waals surface area contributed by atoms with Crippen molar-refractivity contribution in [3.63, 3.8) is 0 Å². The average molecular weight is 361 g/mol. The third-order valence-electron chi connectivity index (χ3n) is 4.55. The second-order valence-electron chi connectivity index (χ2n) is 6.25. The van der Waals surface area contributed by atoms with Crippen LogP contribution >= 0.6 is 0 Å². The number of fused-ring (bicyclic) bond motifs is 3. The second-order valence-corrected chi connectivity index (χ2v) is 6.25. The summed E-state index contributed by atoms with van der Waals surface area (Å²) in [6, 6.07) is 5.40. The Morgan fingerprint density at radius 1 is 1.26 bits per heavy atom. The molecule has 1 aliphatic heterocycles. The molecule has 0 spiro atoms. The molecule has 0 N–H and O–H groups in total. The Labute approximate surface area is 153 Å². The van der Waals surface area contributed by atoms with Crippen LogP contribution in [0.3, 0.4) is 0 Å². The Kier molecular flexibility index (Phi) is 3.60. The molecule has 0 radical (unpaired) electrons. The van der Waals surface area contributed by atoms with Crippen LogP contribution in [0.4, 0.5) is 0 Å². The van der Waals surface area contributed by atoms with E-state index in [9.17, 15) is 4.79 Å². The number of amides is 1. The molecule has 5 rings (SSSR count). The van der Waals surface area contributed by atoms with Crippen molar-refractivity contribution in [2.24, 2.45) is 0 Å². The molecule has 134 valence electrons. The zero-order chi connectivity index (χ0) is 18.2. The van der Waals surface area contributed by atoms with Gasteiger partial charge in [-0.1, -0.05) is 0 Å². The van der Waals surface area contributed by atoms with E-state index in [1.807, 2.05) is 6.07 Å². The van der Waals surface area contributed by atoms with E-state index in [1.165, 1.54) is 0 Å². The first-order valence-corrected chi connectivity index (χ1v) is 8.54. The smallest absolute Gasteiger partial charge is 0.246 e. The van der Waals surface area contributed by atoms with Crippen molar-refractivity contribution < 1.29 is 13.6 Å². The highest BCUT2D eigenvalue weighted by molar-refractivity contribution is 5.92. The number of nitrogens with zero attached hydrogens (tertiary/aromatic N) is 5. The van der Waals surface area contributed by atoms with Crippen molar-refractivity contribution in [3.8, 4) is 11.6 Å². The predicted molar refractivity (Wildman–Crippen MR) is 95.3 cm³/mol. The minimum absolute atomic E-state index is 0.0605. The first-order valence-electron chi connectivity index (χ1n) is 8.54. The molecule has 5 heterocycles. The fourth-order valence-electron chi connectivity index (χ4n) is 3.17. The van der Waals surface area contributed by atoms with Gasteiger partial charge in [0.15, 0.2) is 11.4 Å². The number of carbonyl (C=O) groups excluding carboxylic acids is 1. The predicted octanol–water partition coefficient (Wildman–Crippen LogP) is 2.58. The number of furan rings is 2. The maximum Gasteiger partial charge on any atom is 0.246 e. The van der Waals surface area contributed by atoms with Crippen LogP contribution in [0.25, 0.3) is 23.3 Å². The number of carbonyl (C=O) groups is 1. The maximum atomic E-state index is 12.6. The summed E-state index contributed by atoms with van der Waals surface area (Å²) < 4.78 is 12.0. The zero-order valence-electron chi connectivity index (χ0n) is 14.3. The van der Waals surface area contributed by atoms with Gasteiger partial charge in [0.2, 0.25) is 11.7 Å². The normalized spacial score (nSPS) is 14.1. The van der Waals surface area contributed by atoms with Crippen molar-refractivity contribution in [2.75, 3.05) is 6.54 Å². The van der Waals surface area contributed by atoms with Gasteiger partial charge < -0.3 is 13.7 Å². The number of hydrogen-bond donors (Lipinski definition) is 0. The molecule has 1 aliphatic rings. The van der Waals surface area contributed by atoms with Crippen molar-refractivity contribution >= 4 is 17.6 Å². The number of hydrogen-bond acceptors (Lipinski definition) is 6. The minimum Gasteiger partial charge on any atom is -0.472 e. The van der Waals surface area contributed by atoms with Crippen LogP contribution in [0.2, 0.25) is 0 Å². The van der Waals surface area contributed by atoms with Crippen LogP contribution in [-0.4, -0.2) is 36.9 Å². The molecule has 0 fully saturated rings. The summed E-state index contributed by atoms with van der Waals surface area (Å²) in [6.45, 7) is 1.06. The molecule has 0 saturated carbocycles. The van der Waals surface area contributed by atoms with Gasteiger partial charge in [-0.2, -0.15) is 0 Å². The van der Waals surface area contributed by atoms with E-state index >= 15 is 0 Å². The van der Waals surface area contributed by atoms with Gasteiger partial charge in [-0.3, -0.25) is 4.79 Å². The summed E-state index contributed by atoms with van der Waals surface area (Å²) in [4.78, 5) is 23.4. The molecule has 0 saturated heterocycles. The second kappa shape index (κ2) is 6.24. The van der Waals surface area contributed by atoms with Crippen molar-refractivity contribution in [2.45, 2.75) is 13.0 Å². The summed E-state index contributed by atoms with van der Waals surface area (Å²) in [5, 5.41) is 4.42. The quantitative estimate of drug-likeness (QED) is 0.521.